The van der Waals surface area contributed by atoms with Crippen molar-refractivity contribution in [3.05, 3.63) is 53.0 Å². The Hall–Kier alpha value is -2.06. The summed E-state index contributed by atoms with van der Waals surface area (Å²) in [6, 6.07) is 13.8. The van der Waals surface area contributed by atoms with E-state index >= 15 is 0 Å². The Bertz CT molecular complexity index is 852. The molecule has 26 heavy (non-hydrogen) atoms. The minimum absolute atomic E-state index is 0.243. The third-order valence-electron chi connectivity index (χ3n) is 3.75. The van der Waals surface area contributed by atoms with Crippen LogP contribution in [-0.4, -0.2) is 33.7 Å². The van der Waals surface area contributed by atoms with Gasteiger partial charge in [0.1, 0.15) is 5.75 Å². The standard InChI is InChI=1S/C18H21BrN2O4S/c1-4-17(18(22)20-14-7-5-13(19)6-8-14)25-16-11-9-15(10-12-16)21(2)26(3,23)24/h5-12,17H,4H2,1-3H3,(H,20,22)/t17-/m1/s1. The topological polar surface area (TPSA) is 75.7 Å². The molecule has 0 saturated carbocycles. The SMILES string of the molecule is CC[C@@H](Oc1ccc(N(C)S(C)(=O)=O)cc1)C(=O)Nc1ccc(Br)cc1. The molecule has 6 nitrogen and oxygen atoms in total. The fraction of sp³-hybridized carbons (Fsp3) is 0.278. The Kier molecular flexibility index (Phi) is 6.66. The van der Waals surface area contributed by atoms with Crippen LogP contribution in [0.5, 0.6) is 5.75 Å². The number of anilines is 2. The van der Waals surface area contributed by atoms with Crippen LogP contribution in [-0.2, 0) is 14.8 Å². The predicted octanol–water partition coefficient (Wildman–Crippen LogP) is 3.64. The zero-order valence-corrected chi connectivity index (χ0v) is 17.2. The number of nitrogens with zero attached hydrogens (tertiary/aromatic N) is 1. The monoisotopic (exact) mass is 440 g/mol. The van der Waals surface area contributed by atoms with Crippen LogP contribution < -0.4 is 14.4 Å². The smallest absolute Gasteiger partial charge is 0.265 e. The Morgan fingerprint density at radius 2 is 1.73 bits per heavy atom. The van der Waals surface area contributed by atoms with Crippen molar-refractivity contribution in [3.8, 4) is 5.75 Å². The summed E-state index contributed by atoms with van der Waals surface area (Å²) in [5.74, 6) is 0.251. The maximum atomic E-state index is 12.4. The van der Waals surface area contributed by atoms with Gasteiger partial charge in [0.2, 0.25) is 10.0 Å². The molecule has 2 aromatic carbocycles. The number of carbonyl (C=O) groups excluding carboxylic acids is 1. The Morgan fingerprint density at radius 3 is 2.23 bits per heavy atom. The molecule has 0 heterocycles. The summed E-state index contributed by atoms with van der Waals surface area (Å²) in [6.45, 7) is 1.86. The molecule has 0 bridgehead atoms. The maximum Gasteiger partial charge on any atom is 0.265 e. The number of ether oxygens (including phenoxy) is 1. The lowest BCUT2D eigenvalue weighted by atomic mass is 10.2. The quantitative estimate of drug-likeness (QED) is 0.712. The van der Waals surface area contributed by atoms with Crippen molar-refractivity contribution in [3.63, 3.8) is 0 Å². The molecule has 140 valence electrons. The first-order valence-corrected chi connectivity index (χ1v) is 10.6. The number of hydrogen-bond donors (Lipinski definition) is 1. The van der Waals surface area contributed by atoms with Gasteiger partial charge in [0.05, 0.1) is 11.9 Å². The van der Waals surface area contributed by atoms with E-state index in [2.05, 4.69) is 21.2 Å². The van der Waals surface area contributed by atoms with E-state index in [0.29, 0.717) is 23.5 Å². The summed E-state index contributed by atoms with van der Waals surface area (Å²) in [5.41, 5.74) is 1.21. The van der Waals surface area contributed by atoms with Gasteiger partial charge in [-0.15, -0.1) is 0 Å². The van der Waals surface area contributed by atoms with Crippen LogP contribution in [0.3, 0.4) is 0 Å². The third kappa shape index (κ3) is 5.47. The number of amides is 1. The lowest BCUT2D eigenvalue weighted by Crippen LogP contribution is -2.32. The maximum absolute atomic E-state index is 12.4. The Morgan fingerprint density at radius 1 is 1.15 bits per heavy atom. The number of rotatable bonds is 7. The number of benzene rings is 2. The van der Waals surface area contributed by atoms with Crippen molar-refractivity contribution < 1.29 is 17.9 Å². The van der Waals surface area contributed by atoms with Crippen LogP contribution in [0.25, 0.3) is 0 Å². The number of halogens is 1. The molecule has 1 atom stereocenters. The minimum atomic E-state index is -3.32. The van der Waals surface area contributed by atoms with Crippen molar-refractivity contribution in [1.82, 2.24) is 0 Å². The largest absolute Gasteiger partial charge is 0.481 e. The van der Waals surface area contributed by atoms with Gasteiger partial charge >= 0.3 is 0 Å². The number of hydrogen-bond acceptors (Lipinski definition) is 4. The fourth-order valence-corrected chi connectivity index (χ4v) is 2.94. The van der Waals surface area contributed by atoms with Crippen molar-refractivity contribution in [2.75, 3.05) is 22.9 Å². The van der Waals surface area contributed by atoms with E-state index in [1.807, 2.05) is 19.1 Å². The first-order chi connectivity index (χ1) is 12.2. The number of nitrogens with one attached hydrogen (secondary N) is 1. The summed E-state index contributed by atoms with van der Waals surface area (Å²) in [6.07, 6.45) is 0.974. The van der Waals surface area contributed by atoms with Gasteiger partial charge in [0.25, 0.3) is 5.91 Å². The molecule has 8 heteroatoms. The lowest BCUT2D eigenvalue weighted by Gasteiger charge is -2.19. The molecular weight excluding hydrogens is 420 g/mol. The van der Waals surface area contributed by atoms with Crippen LogP contribution in [0.15, 0.2) is 53.0 Å². The second-order valence-corrected chi connectivity index (χ2v) is 8.66. The van der Waals surface area contributed by atoms with Crippen LogP contribution in [0.4, 0.5) is 11.4 Å². The van der Waals surface area contributed by atoms with E-state index in [1.165, 1.54) is 11.4 Å². The van der Waals surface area contributed by atoms with E-state index in [0.717, 1.165) is 10.7 Å². The predicted molar refractivity (Wildman–Crippen MR) is 107 cm³/mol. The highest BCUT2D eigenvalue weighted by molar-refractivity contribution is 9.10. The molecule has 0 fully saturated rings. The highest BCUT2D eigenvalue weighted by atomic mass is 79.9. The van der Waals surface area contributed by atoms with Crippen LogP contribution in [0.2, 0.25) is 0 Å². The Labute approximate surface area is 162 Å². The number of sulfonamides is 1. The van der Waals surface area contributed by atoms with Gasteiger partial charge in [-0.25, -0.2) is 8.42 Å². The van der Waals surface area contributed by atoms with Gasteiger partial charge < -0.3 is 10.1 Å². The van der Waals surface area contributed by atoms with Crippen molar-refractivity contribution in [2.24, 2.45) is 0 Å². The van der Waals surface area contributed by atoms with Crippen LogP contribution in [0, 0.1) is 0 Å². The highest BCUT2D eigenvalue weighted by Gasteiger charge is 2.19. The zero-order valence-electron chi connectivity index (χ0n) is 14.8. The lowest BCUT2D eigenvalue weighted by molar-refractivity contribution is -0.122. The highest BCUT2D eigenvalue weighted by Crippen LogP contribution is 2.22. The van der Waals surface area contributed by atoms with E-state index in [4.69, 9.17) is 4.74 Å². The molecule has 0 unspecified atom stereocenters. The van der Waals surface area contributed by atoms with E-state index in [9.17, 15) is 13.2 Å². The van der Waals surface area contributed by atoms with Crippen LogP contribution >= 0.6 is 15.9 Å². The first kappa shape index (κ1) is 20.3. The second kappa shape index (κ2) is 8.55. The van der Waals surface area contributed by atoms with E-state index in [-0.39, 0.29) is 5.91 Å². The normalized spacial score (nSPS) is 12.3. The van der Waals surface area contributed by atoms with Gasteiger partial charge in [-0.3, -0.25) is 9.10 Å². The fourth-order valence-electron chi connectivity index (χ4n) is 2.17. The van der Waals surface area contributed by atoms with Gasteiger partial charge in [0, 0.05) is 17.2 Å². The van der Waals surface area contributed by atoms with Gasteiger partial charge in [-0.1, -0.05) is 22.9 Å². The average molecular weight is 441 g/mol. The second-order valence-electron chi connectivity index (χ2n) is 5.74. The van der Waals surface area contributed by atoms with Gasteiger partial charge in [0.15, 0.2) is 6.10 Å². The molecule has 2 rings (SSSR count). The minimum Gasteiger partial charge on any atom is -0.481 e. The van der Waals surface area contributed by atoms with E-state index < -0.39 is 16.1 Å². The van der Waals surface area contributed by atoms with Crippen molar-refractivity contribution >= 4 is 43.2 Å². The molecule has 0 aliphatic carbocycles. The first-order valence-electron chi connectivity index (χ1n) is 7.97. The molecule has 0 aliphatic heterocycles. The molecule has 0 aromatic heterocycles. The van der Waals surface area contributed by atoms with Crippen molar-refractivity contribution in [2.45, 2.75) is 19.4 Å². The molecule has 0 spiro atoms. The van der Waals surface area contributed by atoms with Gasteiger partial charge in [-0.2, -0.15) is 0 Å². The summed E-state index contributed by atoms with van der Waals surface area (Å²) in [7, 11) is -1.84. The molecular formula is C18H21BrN2O4S. The molecule has 0 saturated heterocycles. The molecule has 0 radical (unpaired) electrons. The average Bonchev–Trinajstić information content (AvgIpc) is 2.60. The molecule has 2 aromatic rings. The van der Waals surface area contributed by atoms with E-state index in [1.54, 1.807) is 36.4 Å². The third-order valence-corrected chi connectivity index (χ3v) is 5.49. The molecule has 1 N–H and O–H groups in total. The van der Waals surface area contributed by atoms with Crippen LogP contribution in [0.1, 0.15) is 13.3 Å². The van der Waals surface area contributed by atoms with Gasteiger partial charge in [-0.05, 0) is 55.0 Å². The van der Waals surface area contributed by atoms with Crippen molar-refractivity contribution in [1.29, 1.82) is 0 Å². The summed E-state index contributed by atoms with van der Waals surface area (Å²) < 4.78 is 31.0. The summed E-state index contributed by atoms with van der Waals surface area (Å²) in [5, 5.41) is 2.82. The zero-order chi connectivity index (χ0) is 19.3. The summed E-state index contributed by atoms with van der Waals surface area (Å²) >= 11 is 3.35. The summed E-state index contributed by atoms with van der Waals surface area (Å²) in [4.78, 5) is 12.4. The molecule has 0 aliphatic rings. The molecule has 1 amide bonds. The Balaban J connectivity index is 2.04. The number of carbonyl (C=O) groups is 1.